The number of aliphatic hydroxyl groups is 1. The number of fused-ring (bicyclic) bond motifs is 2. The summed E-state index contributed by atoms with van der Waals surface area (Å²) in [6.07, 6.45) is 5.50. The van der Waals surface area contributed by atoms with E-state index < -0.39 is 12.1 Å². The molecule has 5 heteroatoms. The van der Waals surface area contributed by atoms with E-state index >= 15 is 0 Å². The van der Waals surface area contributed by atoms with E-state index in [1.54, 1.807) is 0 Å². The van der Waals surface area contributed by atoms with Gasteiger partial charge in [-0.25, -0.2) is 4.79 Å². The van der Waals surface area contributed by atoms with Crippen LogP contribution in [0.2, 0.25) is 0 Å². The average molecular weight is 238 g/mol. The molecule has 17 heavy (non-hydrogen) atoms. The van der Waals surface area contributed by atoms with Gasteiger partial charge in [0.1, 0.15) is 0 Å². The van der Waals surface area contributed by atoms with Crippen molar-refractivity contribution in [1.82, 2.24) is 0 Å². The molecule has 94 valence electrons. The van der Waals surface area contributed by atoms with Crippen LogP contribution in [-0.4, -0.2) is 36.4 Å². The summed E-state index contributed by atoms with van der Waals surface area (Å²) >= 11 is 0. The van der Waals surface area contributed by atoms with Gasteiger partial charge in [0.15, 0.2) is 6.10 Å². The van der Waals surface area contributed by atoms with Gasteiger partial charge in [0.05, 0.1) is 19.2 Å². The molecular weight excluding hydrogens is 220 g/mol. The Morgan fingerprint density at radius 3 is 2.71 bits per heavy atom. The Kier molecular flexibility index (Phi) is 3.89. The number of unbranched alkanes of at least 4 members (excludes halogenated alkanes) is 1. The van der Waals surface area contributed by atoms with Gasteiger partial charge in [-0.2, -0.15) is 10.2 Å². The Hall–Kier alpha value is -1.23. The second-order valence-corrected chi connectivity index (χ2v) is 4.51. The molecule has 0 amide bonds. The molecule has 0 aromatic rings. The molecule has 0 saturated heterocycles. The maximum absolute atomic E-state index is 11.0. The van der Waals surface area contributed by atoms with Crippen LogP contribution in [0.25, 0.3) is 0 Å². The number of hydrogen-bond donors (Lipinski definition) is 1. The lowest BCUT2D eigenvalue weighted by Crippen LogP contribution is -2.21. The fraction of sp³-hybridized carbons (Fsp3) is 0.750. The van der Waals surface area contributed by atoms with Gasteiger partial charge in [-0.1, -0.05) is 6.08 Å². The van der Waals surface area contributed by atoms with Crippen molar-refractivity contribution in [3.63, 3.8) is 0 Å². The van der Waals surface area contributed by atoms with Crippen LogP contribution >= 0.6 is 0 Å². The zero-order valence-corrected chi connectivity index (χ0v) is 10.0. The van der Waals surface area contributed by atoms with Crippen LogP contribution in [0.3, 0.4) is 0 Å². The molecule has 0 aromatic heterocycles. The maximum atomic E-state index is 11.0. The topological polar surface area (TPSA) is 71.2 Å². The quantitative estimate of drug-likeness (QED) is 0.449. The number of azo groups is 1. The van der Waals surface area contributed by atoms with Crippen molar-refractivity contribution >= 4 is 5.97 Å². The molecule has 1 aliphatic carbocycles. The van der Waals surface area contributed by atoms with E-state index in [9.17, 15) is 9.90 Å². The number of allylic oxidation sites excluding steroid dienone is 1. The first-order valence-corrected chi connectivity index (χ1v) is 6.08. The summed E-state index contributed by atoms with van der Waals surface area (Å²) in [4.78, 5) is 11.0. The van der Waals surface area contributed by atoms with Crippen LogP contribution in [0.5, 0.6) is 0 Å². The molecule has 1 unspecified atom stereocenters. The van der Waals surface area contributed by atoms with Gasteiger partial charge in [-0.15, -0.1) is 0 Å². The van der Waals surface area contributed by atoms with Gasteiger partial charge < -0.3 is 9.84 Å². The number of aliphatic hydroxyl groups excluding tert-OH is 1. The first-order chi connectivity index (χ1) is 8.22. The van der Waals surface area contributed by atoms with Gasteiger partial charge in [0.25, 0.3) is 0 Å². The Balaban J connectivity index is 1.70. The fourth-order valence-corrected chi connectivity index (χ4v) is 2.39. The van der Waals surface area contributed by atoms with Gasteiger partial charge >= 0.3 is 5.97 Å². The molecule has 0 radical (unpaired) electrons. The lowest BCUT2D eigenvalue weighted by atomic mass is 10.1. The predicted molar refractivity (Wildman–Crippen MR) is 61.6 cm³/mol. The van der Waals surface area contributed by atoms with Crippen molar-refractivity contribution in [2.45, 2.75) is 50.3 Å². The predicted octanol–water partition coefficient (Wildman–Crippen LogP) is 1.61. The van der Waals surface area contributed by atoms with Gasteiger partial charge in [-0.3, -0.25) is 0 Å². The van der Waals surface area contributed by atoms with Crippen LogP contribution in [0.15, 0.2) is 21.9 Å². The van der Waals surface area contributed by atoms with Gasteiger partial charge in [-0.05, 0) is 37.7 Å². The third-order valence-corrected chi connectivity index (χ3v) is 3.36. The molecule has 1 saturated carbocycles. The summed E-state index contributed by atoms with van der Waals surface area (Å²) in [5.74, 6) is -0.552. The Labute approximate surface area is 101 Å². The minimum Gasteiger partial charge on any atom is -0.467 e. The van der Waals surface area contributed by atoms with E-state index in [0.717, 1.165) is 25.7 Å². The van der Waals surface area contributed by atoms with Crippen molar-refractivity contribution in [1.29, 1.82) is 0 Å². The van der Waals surface area contributed by atoms with E-state index in [4.69, 9.17) is 0 Å². The minimum atomic E-state index is -0.993. The summed E-state index contributed by atoms with van der Waals surface area (Å²) in [5, 5.41) is 17.7. The Bertz CT molecular complexity index is 336. The first-order valence-electron chi connectivity index (χ1n) is 6.08. The van der Waals surface area contributed by atoms with E-state index in [0.29, 0.717) is 18.5 Å². The number of methoxy groups -OCH3 is 1. The third-order valence-electron chi connectivity index (χ3n) is 3.36. The van der Waals surface area contributed by atoms with E-state index in [-0.39, 0.29) is 0 Å². The third kappa shape index (κ3) is 2.72. The van der Waals surface area contributed by atoms with Crippen molar-refractivity contribution in [2.24, 2.45) is 10.2 Å². The molecule has 2 bridgehead atoms. The fourth-order valence-electron chi connectivity index (χ4n) is 2.39. The van der Waals surface area contributed by atoms with E-state index in [1.165, 1.54) is 12.7 Å². The highest BCUT2D eigenvalue weighted by molar-refractivity contribution is 5.74. The van der Waals surface area contributed by atoms with Crippen molar-refractivity contribution in [3.05, 3.63) is 11.6 Å². The molecule has 0 aromatic carbocycles. The zero-order valence-electron chi connectivity index (χ0n) is 10.0. The maximum Gasteiger partial charge on any atom is 0.334 e. The lowest BCUT2D eigenvalue weighted by Gasteiger charge is -2.07. The van der Waals surface area contributed by atoms with E-state index in [1.807, 2.05) is 0 Å². The Morgan fingerprint density at radius 2 is 2.18 bits per heavy atom. The average Bonchev–Trinajstić information content (AvgIpc) is 2.92. The molecule has 1 heterocycles. The molecule has 2 rings (SSSR count). The first kappa shape index (κ1) is 12.2. The number of nitrogens with zero attached hydrogens (tertiary/aromatic N) is 2. The second kappa shape index (κ2) is 5.40. The van der Waals surface area contributed by atoms with Crippen molar-refractivity contribution < 1.29 is 14.6 Å². The number of carbonyl (C=O) groups is 1. The number of carbonyl (C=O) groups excluding carboxylic acids is 1. The number of hydrogen-bond acceptors (Lipinski definition) is 5. The molecule has 1 N–H and O–H groups in total. The van der Waals surface area contributed by atoms with Gasteiger partial charge in [0, 0.05) is 0 Å². The summed E-state index contributed by atoms with van der Waals surface area (Å²) in [5.41, 5.74) is 1.33. The number of rotatable bonds is 5. The summed E-state index contributed by atoms with van der Waals surface area (Å²) < 4.78 is 4.45. The molecule has 1 fully saturated rings. The minimum absolute atomic E-state index is 0.311. The number of esters is 1. The highest BCUT2D eigenvalue weighted by atomic mass is 16.5. The van der Waals surface area contributed by atoms with Crippen molar-refractivity contribution in [2.75, 3.05) is 7.11 Å². The van der Waals surface area contributed by atoms with Crippen LogP contribution in [0.1, 0.15) is 32.1 Å². The van der Waals surface area contributed by atoms with Crippen LogP contribution in [-0.2, 0) is 9.53 Å². The monoisotopic (exact) mass is 238 g/mol. The molecule has 0 spiro atoms. The molecule has 3 atom stereocenters. The van der Waals surface area contributed by atoms with Crippen LogP contribution in [0, 0.1) is 0 Å². The number of ether oxygens (including phenoxy) is 1. The molecule has 1 aliphatic heterocycles. The second-order valence-electron chi connectivity index (χ2n) is 4.51. The normalized spacial score (nSPS) is 29.9. The summed E-state index contributed by atoms with van der Waals surface area (Å²) in [6, 6.07) is 0.621. The van der Waals surface area contributed by atoms with Crippen molar-refractivity contribution in [3.8, 4) is 0 Å². The van der Waals surface area contributed by atoms with Gasteiger partial charge in [0.2, 0.25) is 0 Å². The van der Waals surface area contributed by atoms with E-state index in [2.05, 4.69) is 21.0 Å². The summed E-state index contributed by atoms with van der Waals surface area (Å²) in [7, 11) is 1.28. The largest absolute Gasteiger partial charge is 0.467 e. The smallest absolute Gasteiger partial charge is 0.334 e. The zero-order chi connectivity index (χ0) is 12.3. The van der Waals surface area contributed by atoms with Crippen LogP contribution < -0.4 is 0 Å². The molecule has 2 aliphatic rings. The highest BCUT2D eigenvalue weighted by Crippen LogP contribution is 2.37. The SMILES string of the molecule is COC(=O)C(O)CCCC=C1[C@@H]2CC[C@H]1N=N2. The summed E-state index contributed by atoms with van der Waals surface area (Å²) in [6.45, 7) is 0. The molecular formula is C12H18N2O3. The standard InChI is InChI=1S/C12H18N2O3/c1-17-12(16)11(15)5-3-2-4-8-9-6-7-10(8)14-13-9/h4,9-11,15H,2-3,5-7H2,1H3/t9-,10+,11?. The Morgan fingerprint density at radius 1 is 1.53 bits per heavy atom. The molecule has 5 nitrogen and oxygen atoms in total. The lowest BCUT2D eigenvalue weighted by molar-refractivity contribution is -0.150. The highest BCUT2D eigenvalue weighted by Gasteiger charge is 2.34. The van der Waals surface area contributed by atoms with Crippen LogP contribution in [0.4, 0.5) is 0 Å².